The van der Waals surface area contributed by atoms with E-state index < -0.39 is 0 Å². The Morgan fingerprint density at radius 2 is 2.05 bits per heavy atom. The van der Waals surface area contributed by atoms with Crippen LogP contribution in [-0.2, 0) is 6.54 Å². The Hall–Kier alpha value is -2.19. The van der Waals surface area contributed by atoms with Crippen molar-refractivity contribution in [1.82, 2.24) is 4.90 Å². The Balaban J connectivity index is 1.83. The minimum atomic E-state index is 0.200. The van der Waals surface area contributed by atoms with Crippen molar-refractivity contribution >= 4 is 18.1 Å². The maximum Gasteiger partial charge on any atom is 0.0648 e. The standard InChI is InChI=1S/C17H23N5/c1-17(6-9-18)7-12-22(13-8-17)14-15-2-4-16(5-3-15)21-20-11-10-19/h2-5,10-11,19,21H,6-8,12-14H2,1H3/b19-10?,20-11-. The number of nitrogens with one attached hydrogen (secondary N) is 2. The fourth-order valence-electron chi connectivity index (χ4n) is 2.71. The Morgan fingerprint density at radius 1 is 1.36 bits per heavy atom. The molecule has 2 rings (SSSR count). The summed E-state index contributed by atoms with van der Waals surface area (Å²) in [6.45, 7) is 5.29. The molecule has 0 spiro atoms. The predicted octanol–water partition coefficient (Wildman–Crippen LogP) is 3.25. The number of rotatable bonds is 6. The van der Waals surface area contributed by atoms with Gasteiger partial charge in [-0.1, -0.05) is 19.1 Å². The highest BCUT2D eigenvalue weighted by Crippen LogP contribution is 2.34. The van der Waals surface area contributed by atoms with E-state index in [-0.39, 0.29) is 5.41 Å². The van der Waals surface area contributed by atoms with Crippen molar-refractivity contribution in [2.45, 2.75) is 32.7 Å². The minimum Gasteiger partial charge on any atom is -0.307 e. The van der Waals surface area contributed by atoms with E-state index in [4.69, 9.17) is 10.7 Å². The number of piperidine rings is 1. The molecule has 0 atom stereocenters. The first-order valence-electron chi connectivity index (χ1n) is 7.62. The van der Waals surface area contributed by atoms with Gasteiger partial charge in [0.2, 0.25) is 0 Å². The molecule has 1 heterocycles. The van der Waals surface area contributed by atoms with Crippen molar-refractivity contribution in [3.63, 3.8) is 0 Å². The minimum absolute atomic E-state index is 0.200. The first-order valence-corrected chi connectivity index (χ1v) is 7.62. The van der Waals surface area contributed by atoms with E-state index in [0.717, 1.165) is 44.4 Å². The quantitative estimate of drug-likeness (QED) is 0.625. The molecule has 1 aliphatic heterocycles. The van der Waals surface area contributed by atoms with Crippen molar-refractivity contribution in [2.75, 3.05) is 18.5 Å². The molecule has 5 nitrogen and oxygen atoms in total. The molecule has 1 aromatic carbocycles. The zero-order valence-electron chi connectivity index (χ0n) is 13.0. The second-order valence-corrected chi connectivity index (χ2v) is 6.18. The maximum atomic E-state index is 8.90. The van der Waals surface area contributed by atoms with Gasteiger partial charge < -0.3 is 5.41 Å². The molecule has 0 saturated carbocycles. The van der Waals surface area contributed by atoms with Crippen LogP contribution in [0.4, 0.5) is 5.69 Å². The van der Waals surface area contributed by atoms with Gasteiger partial charge in [0.25, 0.3) is 0 Å². The van der Waals surface area contributed by atoms with E-state index in [0.29, 0.717) is 6.42 Å². The lowest BCUT2D eigenvalue weighted by atomic mass is 9.78. The highest BCUT2D eigenvalue weighted by molar-refractivity contribution is 6.14. The summed E-state index contributed by atoms with van der Waals surface area (Å²) in [5, 5.41) is 19.6. The molecule has 1 fully saturated rings. The third kappa shape index (κ3) is 4.68. The molecule has 1 aromatic rings. The van der Waals surface area contributed by atoms with E-state index in [1.165, 1.54) is 11.8 Å². The molecule has 2 N–H and O–H groups in total. The van der Waals surface area contributed by atoms with Gasteiger partial charge in [-0.15, -0.1) is 0 Å². The molecule has 0 aromatic heterocycles. The van der Waals surface area contributed by atoms with Crippen molar-refractivity contribution in [1.29, 1.82) is 10.7 Å². The highest BCUT2D eigenvalue weighted by atomic mass is 15.3. The topological polar surface area (TPSA) is 75.3 Å². The van der Waals surface area contributed by atoms with Crippen molar-refractivity contribution < 1.29 is 0 Å². The SMILES string of the molecule is CC1(CC#N)CCN(Cc2ccc(N/N=C\C=N)cc2)CC1. The van der Waals surface area contributed by atoms with Gasteiger partial charge in [-0.2, -0.15) is 10.4 Å². The van der Waals surface area contributed by atoms with E-state index in [9.17, 15) is 0 Å². The molecule has 1 saturated heterocycles. The first-order chi connectivity index (χ1) is 10.6. The van der Waals surface area contributed by atoms with E-state index >= 15 is 0 Å². The number of hydrazone groups is 1. The largest absolute Gasteiger partial charge is 0.307 e. The summed E-state index contributed by atoms with van der Waals surface area (Å²) in [7, 11) is 0. The third-order valence-electron chi connectivity index (χ3n) is 4.27. The van der Waals surface area contributed by atoms with Crippen LogP contribution in [0.1, 0.15) is 31.7 Å². The monoisotopic (exact) mass is 297 g/mol. The van der Waals surface area contributed by atoms with E-state index in [2.05, 4.69) is 40.6 Å². The van der Waals surface area contributed by atoms with E-state index in [1.807, 2.05) is 12.1 Å². The Kier molecular flexibility index (Phi) is 5.68. The van der Waals surface area contributed by atoms with Crippen LogP contribution in [0.3, 0.4) is 0 Å². The molecule has 0 amide bonds. The van der Waals surface area contributed by atoms with Crippen LogP contribution in [-0.4, -0.2) is 30.4 Å². The van der Waals surface area contributed by atoms with Crippen LogP contribution in [0, 0.1) is 22.2 Å². The van der Waals surface area contributed by atoms with Gasteiger partial charge in [-0.3, -0.25) is 10.3 Å². The summed E-state index contributed by atoms with van der Waals surface area (Å²) < 4.78 is 0. The molecule has 0 unspecified atom stereocenters. The molecule has 0 bridgehead atoms. The highest BCUT2D eigenvalue weighted by Gasteiger charge is 2.29. The molecule has 1 aliphatic rings. The Morgan fingerprint density at radius 3 is 2.64 bits per heavy atom. The van der Waals surface area contributed by atoms with Crippen molar-refractivity contribution in [2.24, 2.45) is 10.5 Å². The molecule has 0 aliphatic carbocycles. The zero-order valence-corrected chi connectivity index (χ0v) is 13.0. The van der Waals surface area contributed by atoms with Gasteiger partial charge in [0.1, 0.15) is 0 Å². The Labute approximate surface area is 132 Å². The lowest BCUT2D eigenvalue weighted by Crippen LogP contribution is -2.38. The Bertz CT molecular complexity index is 547. The second-order valence-electron chi connectivity index (χ2n) is 6.18. The van der Waals surface area contributed by atoms with Crippen LogP contribution in [0.15, 0.2) is 29.4 Å². The number of nitriles is 1. The number of hydrogen-bond acceptors (Lipinski definition) is 5. The van der Waals surface area contributed by atoms with Gasteiger partial charge in [-0.25, -0.2) is 0 Å². The summed E-state index contributed by atoms with van der Waals surface area (Å²) in [5.74, 6) is 0. The van der Waals surface area contributed by atoms with Gasteiger partial charge in [0.15, 0.2) is 0 Å². The zero-order chi connectivity index (χ0) is 15.8. The van der Waals surface area contributed by atoms with Crippen LogP contribution in [0.25, 0.3) is 0 Å². The number of hydrogen-bond donors (Lipinski definition) is 2. The fraction of sp³-hybridized carbons (Fsp3) is 0.471. The van der Waals surface area contributed by atoms with Crippen LogP contribution >= 0.6 is 0 Å². The number of likely N-dealkylation sites (tertiary alicyclic amines) is 1. The molecular formula is C17H23N5. The van der Waals surface area contributed by atoms with E-state index in [1.54, 1.807) is 0 Å². The summed E-state index contributed by atoms with van der Waals surface area (Å²) in [6, 6.07) is 10.5. The van der Waals surface area contributed by atoms with Gasteiger partial charge in [0, 0.05) is 19.2 Å². The number of benzene rings is 1. The lowest BCUT2D eigenvalue weighted by Gasteiger charge is -2.38. The normalized spacial score (nSPS) is 18.0. The van der Waals surface area contributed by atoms with Crippen LogP contribution in [0.5, 0.6) is 0 Å². The molecular weight excluding hydrogens is 274 g/mol. The molecule has 22 heavy (non-hydrogen) atoms. The summed E-state index contributed by atoms with van der Waals surface area (Å²) >= 11 is 0. The lowest BCUT2D eigenvalue weighted by molar-refractivity contribution is 0.116. The predicted molar refractivity (Wildman–Crippen MR) is 90.2 cm³/mol. The number of anilines is 1. The smallest absolute Gasteiger partial charge is 0.0648 e. The van der Waals surface area contributed by atoms with Gasteiger partial charge >= 0.3 is 0 Å². The van der Waals surface area contributed by atoms with Crippen molar-refractivity contribution in [3.05, 3.63) is 29.8 Å². The second kappa shape index (κ2) is 7.71. The average Bonchev–Trinajstić information content (AvgIpc) is 2.52. The molecule has 5 heteroatoms. The van der Waals surface area contributed by atoms with Gasteiger partial charge in [-0.05, 0) is 49.0 Å². The fourth-order valence-corrected chi connectivity index (χ4v) is 2.71. The van der Waals surface area contributed by atoms with Gasteiger partial charge in [0.05, 0.1) is 18.0 Å². The molecule has 116 valence electrons. The first kappa shape index (κ1) is 16.2. The maximum absolute atomic E-state index is 8.90. The summed E-state index contributed by atoms with van der Waals surface area (Å²) in [4.78, 5) is 2.45. The summed E-state index contributed by atoms with van der Waals surface area (Å²) in [5.41, 5.74) is 5.28. The number of nitrogens with zero attached hydrogens (tertiary/aromatic N) is 3. The average molecular weight is 297 g/mol. The summed E-state index contributed by atoms with van der Waals surface area (Å²) in [6.07, 6.45) is 5.40. The third-order valence-corrected chi connectivity index (χ3v) is 4.27. The molecule has 0 radical (unpaired) electrons. The van der Waals surface area contributed by atoms with Crippen molar-refractivity contribution in [3.8, 4) is 6.07 Å². The van der Waals surface area contributed by atoms with Crippen LogP contribution < -0.4 is 5.43 Å². The van der Waals surface area contributed by atoms with Crippen LogP contribution in [0.2, 0.25) is 0 Å².